The summed E-state index contributed by atoms with van der Waals surface area (Å²) in [6, 6.07) is 15.0. The molecule has 2 aromatic rings. The highest BCUT2D eigenvalue weighted by Crippen LogP contribution is 2.37. The Kier molecular flexibility index (Phi) is 9.03. The summed E-state index contributed by atoms with van der Waals surface area (Å²) in [5.41, 5.74) is 1.73. The van der Waals surface area contributed by atoms with Gasteiger partial charge in [-0.15, -0.1) is 0 Å². The SMILES string of the molecule is COC(=O)c1ccc(C(C)NC(=O)C2(c3cccc(OCCC4CCCCC4)c3)CCOCC2)cc1. The van der Waals surface area contributed by atoms with Gasteiger partial charge in [0.05, 0.1) is 30.7 Å². The Labute approximate surface area is 214 Å². The zero-order valence-electron chi connectivity index (χ0n) is 21.6. The van der Waals surface area contributed by atoms with E-state index in [1.54, 1.807) is 12.1 Å². The topological polar surface area (TPSA) is 73.9 Å². The van der Waals surface area contributed by atoms with Gasteiger partial charge in [-0.05, 0) is 67.5 Å². The van der Waals surface area contributed by atoms with Gasteiger partial charge in [-0.3, -0.25) is 4.79 Å². The lowest BCUT2D eigenvalue weighted by Gasteiger charge is -2.37. The molecule has 6 heteroatoms. The van der Waals surface area contributed by atoms with Crippen LogP contribution in [-0.2, 0) is 19.7 Å². The molecule has 0 radical (unpaired) electrons. The molecule has 1 aliphatic heterocycles. The largest absolute Gasteiger partial charge is 0.494 e. The lowest BCUT2D eigenvalue weighted by molar-refractivity contribution is -0.131. The van der Waals surface area contributed by atoms with E-state index in [-0.39, 0.29) is 17.9 Å². The van der Waals surface area contributed by atoms with Crippen molar-refractivity contribution >= 4 is 11.9 Å². The van der Waals surface area contributed by atoms with E-state index in [9.17, 15) is 9.59 Å². The first-order valence-electron chi connectivity index (χ1n) is 13.3. The Morgan fingerprint density at radius 3 is 2.47 bits per heavy atom. The lowest BCUT2D eigenvalue weighted by atomic mass is 9.73. The number of nitrogens with one attached hydrogen (secondary N) is 1. The Bertz CT molecular complexity index is 1010. The summed E-state index contributed by atoms with van der Waals surface area (Å²) in [5, 5.41) is 3.22. The van der Waals surface area contributed by atoms with Crippen LogP contribution in [0.1, 0.15) is 85.8 Å². The molecule has 2 aliphatic rings. The Morgan fingerprint density at radius 1 is 1.06 bits per heavy atom. The van der Waals surface area contributed by atoms with E-state index in [4.69, 9.17) is 14.2 Å². The van der Waals surface area contributed by atoms with Crippen molar-refractivity contribution in [2.75, 3.05) is 26.9 Å². The van der Waals surface area contributed by atoms with E-state index in [1.165, 1.54) is 39.2 Å². The molecular formula is C30H39NO5. The van der Waals surface area contributed by atoms with Crippen molar-refractivity contribution in [2.24, 2.45) is 5.92 Å². The molecule has 1 unspecified atom stereocenters. The smallest absolute Gasteiger partial charge is 0.337 e. The second-order valence-electron chi connectivity index (χ2n) is 10.2. The number of ether oxygens (including phenoxy) is 3. The van der Waals surface area contributed by atoms with Crippen LogP contribution < -0.4 is 10.1 Å². The minimum atomic E-state index is -0.665. The number of rotatable bonds is 9. The predicted molar refractivity (Wildman–Crippen MR) is 139 cm³/mol. The van der Waals surface area contributed by atoms with E-state index in [0.717, 1.165) is 35.8 Å². The van der Waals surface area contributed by atoms with Crippen molar-refractivity contribution in [3.8, 4) is 5.75 Å². The molecule has 0 aromatic heterocycles. The molecule has 4 rings (SSSR count). The normalized spacial score (nSPS) is 18.7. The van der Waals surface area contributed by atoms with Crippen molar-refractivity contribution in [1.82, 2.24) is 5.32 Å². The van der Waals surface area contributed by atoms with Gasteiger partial charge >= 0.3 is 5.97 Å². The van der Waals surface area contributed by atoms with Crippen molar-refractivity contribution in [2.45, 2.75) is 69.7 Å². The van der Waals surface area contributed by atoms with E-state index in [2.05, 4.69) is 5.32 Å². The van der Waals surface area contributed by atoms with Gasteiger partial charge in [0.1, 0.15) is 5.75 Å². The summed E-state index contributed by atoms with van der Waals surface area (Å²) in [6.45, 7) is 3.77. The third-order valence-electron chi connectivity index (χ3n) is 7.87. The molecular weight excluding hydrogens is 454 g/mol. The molecule has 1 atom stereocenters. The molecule has 0 bridgehead atoms. The summed E-state index contributed by atoms with van der Waals surface area (Å²) < 4.78 is 16.6. The third-order valence-corrected chi connectivity index (χ3v) is 7.87. The number of carbonyl (C=O) groups excluding carboxylic acids is 2. The van der Waals surface area contributed by atoms with Crippen LogP contribution in [0, 0.1) is 5.92 Å². The Morgan fingerprint density at radius 2 is 1.78 bits per heavy atom. The minimum absolute atomic E-state index is 0.00491. The first-order chi connectivity index (χ1) is 17.5. The molecule has 0 spiro atoms. The second-order valence-corrected chi connectivity index (χ2v) is 10.2. The average molecular weight is 494 g/mol. The number of methoxy groups -OCH3 is 1. The van der Waals surface area contributed by atoms with Crippen molar-refractivity contribution in [3.63, 3.8) is 0 Å². The second kappa shape index (κ2) is 12.4. The summed E-state index contributed by atoms with van der Waals surface area (Å²) in [6.07, 6.45) is 9.02. The molecule has 2 fully saturated rings. The molecule has 1 amide bonds. The predicted octanol–water partition coefficient (Wildman–Crippen LogP) is 5.75. The van der Waals surface area contributed by atoms with Crippen molar-refractivity contribution in [1.29, 1.82) is 0 Å². The molecule has 1 saturated carbocycles. The van der Waals surface area contributed by atoms with E-state index >= 15 is 0 Å². The third kappa shape index (κ3) is 6.28. The number of esters is 1. The van der Waals surface area contributed by atoms with Crippen LogP contribution in [-0.4, -0.2) is 38.8 Å². The van der Waals surface area contributed by atoms with Gasteiger partial charge in [0.2, 0.25) is 5.91 Å². The molecule has 1 saturated heterocycles. The van der Waals surface area contributed by atoms with E-state index < -0.39 is 5.41 Å². The van der Waals surface area contributed by atoms with E-state index in [1.807, 2.05) is 43.3 Å². The zero-order valence-corrected chi connectivity index (χ0v) is 21.6. The summed E-state index contributed by atoms with van der Waals surface area (Å²) >= 11 is 0. The Balaban J connectivity index is 1.45. The Hall–Kier alpha value is -2.86. The molecule has 36 heavy (non-hydrogen) atoms. The van der Waals surface area contributed by atoms with Gasteiger partial charge < -0.3 is 19.5 Å². The highest BCUT2D eigenvalue weighted by molar-refractivity contribution is 5.90. The number of hydrogen-bond acceptors (Lipinski definition) is 5. The average Bonchev–Trinajstić information content (AvgIpc) is 2.93. The van der Waals surface area contributed by atoms with Gasteiger partial charge in [0, 0.05) is 13.2 Å². The first-order valence-corrected chi connectivity index (χ1v) is 13.3. The standard InChI is InChI=1S/C30H39NO5/c1-22(24-11-13-25(14-12-24)28(32)34-2)31-29(33)30(16-19-35-20-17-30)26-9-6-10-27(21-26)36-18-15-23-7-4-3-5-8-23/h6,9-14,21-23H,3-5,7-8,15-20H2,1-2H3,(H,31,33). The van der Waals surface area contributed by atoms with Crippen molar-refractivity contribution in [3.05, 3.63) is 65.2 Å². The zero-order chi connectivity index (χ0) is 25.4. The van der Waals surface area contributed by atoms with Crippen LogP contribution in [0.5, 0.6) is 5.75 Å². The van der Waals surface area contributed by atoms with Crippen LogP contribution >= 0.6 is 0 Å². The van der Waals surface area contributed by atoms with E-state index in [0.29, 0.717) is 31.6 Å². The summed E-state index contributed by atoms with van der Waals surface area (Å²) in [4.78, 5) is 25.5. The highest BCUT2D eigenvalue weighted by atomic mass is 16.5. The number of amides is 1. The quantitative estimate of drug-likeness (QED) is 0.451. The van der Waals surface area contributed by atoms with Crippen LogP contribution in [0.2, 0.25) is 0 Å². The molecule has 6 nitrogen and oxygen atoms in total. The summed E-state index contributed by atoms with van der Waals surface area (Å²) in [7, 11) is 1.36. The molecule has 194 valence electrons. The summed E-state index contributed by atoms with van der Waals surface area (Å²) in [5.74, 6) is 1.22. The van der Waals surface area contributed by atoms with Crippen LogP contribution in [0.15, 0.2) is 48.5 Å². The maximum absolute atomic E-state index is 13.8. The fourth-order valence-corrected chi connectivity index (χ4v) is 5.51. The van der Waals surface area contributed by atoms with Crippen LogP contribution in [0.3, 0.4) is 0 Å². The monoisotopic (exact) mass is 493 g/mol. The number of benzene rings is 2. The first kappa shape index (κ1) is 26.2. The lowest BCUT2D eigenvalue weighted by Crippen LogP contribution is -2.48. The fraction of sp³-hybridized carbons (Fsp3) is 0.533. The van der Waals surface area contributed by atoms with Crippen molar-refractivity contribution < 1.29 is 23.8 Å². The van der Waals surface area contributed by atoms with Crippen LogP contribution in [0.4, 0.5) is 0 Å². The number of carbonyl (C=O) groups is 2. The van der Waals surface area contributed by atoms with Gasteiger partial charge in [0.25, 0.3) is 0 Å². The molecule has 1 aliphatic carbocycles. The van der Waals surface area contributed by atoms with Gasteiger partial charge in [-0.25, -0.2) is 4.79 Å². The number of hydrogen-bond donors (Lipinski definition) is 1. The maximum Gasteiger partial charge on any atom is 0.337 e. The maximum atomic E-state index is 13.8. The minimum Gasteiger partial charge on any atom is -0.494 e. The molecule has 1 N–H and O–H groups in total. The van der Waals surface area contributed by atoms with Gasteiger partial charge in [-0.2, -0.15) is 0 Å². The molecule has 1 heterocycles. The fourth-order valence-electron chi connectivity index (χ4n) is 5.51. The molecule has 2 aromatic carbocycles. The van der Waals surface area contributed by atoms with Gasteiger partial charge in [0.15, 0.2) is 0 Å². The van der Waals surface area contributed by atoms with Crippen LogP contribution in [0.25, 0.3) is 0 Å². The highest BCUT2D eigenvalue weighted by Gasteiger charge is 2.42. The van der Waals surface area contributed by atoms with Gasteiger partial charge in [-0.1, -0.05) is 56.4 Å².